The minimum Gasteiger partial charge on any atom is -0.397 e. The monoisotopic (exact) mass is 486 g/mol. The zero-order valence-electron chi connectivity index (χ0n) is 21.9. The topological polar surface area (TPSA) is 77.7 Å². The van der Waals surface area contributed by atoms with E-state index in [4.69, 9.17) is 5.73 Å². The van der Waals surface area contributed by atoms with Crippen LogP contribution < -0.4 is 11.2 Å². The van der Waals surface area contributed by atoms with E-state index in [1.54, 1.807) is 25.2 Å². The normalized spacial score (nSPS) is 21.6. The van der Waals surface area contributed by atoms with Gasteiger partial charge in [-0.05, 0) is 80.3 Å². The summed E-state index contributed by atoms with van der Waals surface area (Å²) in [6.07, 6.45) is 8.17. The van der Waals surface area contributed by atoms with Gasteiger partial charge in [-0.3, -0.25) is 14.7 Å². The van der Waals surface area contributed by atoms with E-state index in [1.165, 1.54) is 11.3 Å². The van der Waals surface area contributed by atoms with Crippen LogP contribution in [0.5, 0.6) is 0 Å². The van der Waals surface area contributed by atoms with Gasteiger partial charge in [0, 0.05) is 50.6 Å². The Kier molecular flexibility index (Phi) is 7.91. The van der Waals surface area contributed by atoms with Crippen molar-refractivity contribution in [1.82, 2.24) is 25.2 Å². The molecule has 3 N–H and O–H groups in total. The van der Waals surface area contributed by atoms with Gasteiger partial charge in [-0.2, -0.15) is 0 Å². The van der Waals surface area contributed by atoms with Gasteiger partial charge in [0.25, 0.3) is 5.91 Å². The van der Waals surface area contributed by atoms with Gasteiger partial charge >= 0.3 is 0 Å². The molecular formula is C29H38N6O. The summed E-state index contributed by atoms with van der Waals surface area (Å²) in [6, 6.07) is 12.2. The molecule has 1 aromatic carbocycles. The van der Waals surface area contributed by atoms with Crippen LogP contribution in [0.25, 0.3) is 5.57 Å². The maximum Gasteiger partial charge on any atom is 0.253 e. The molecule has 0 bridgehead atoms. The van der Waals surface area contributed by atoms with E-state index < -0.39 is 0 Å². The summed E-state index contributed by atoms with van der Waals surface area (Å²) in [5, 5.41) is 2.12. The second-order valence-electron chi connectivity index (χ2n) is 9.92. The Morgan fingerprint density at radius 1 is 1.17 bits per heavy atom. The standard InChI is InChI=1S/C29H38N6O/c1-20-18-28(34(5)32-15-12-26(20)27-11-10-25(30)19-31-27)21(2)35-16-13-23(14-17-35)22-6-8-24(9-7-22)29(36)33(3)4/h6-12,18-19,21,23,32H,1,13-17,30H2,2-5H3/b26-12+,28-18-. The van der Waals surface area contributed by atoms with Crippen molar-refractivity contribution in [3.05, 3.63) is 89.4 Å². The first kappa shape index (κ1) is 25.7. The molecule has 0 radical (unpaired) electrons. The molecule has 2 aliphatic heterocycles. The number of amides is 1. The maximum atomic E-state index is 12.2. The van der Waals surface area contributed by atoms with E-state index in [0.29, 0.717) is 18.2 Å². The molecule has 1 fully saturated rings. The summed E-state index contributed by atoms with van der Waals surface area (Å²) in [5.74, 6) is 0.558. The number of nitrogens with zero attached hydrogens (tertiary/aromatic N) is 4. The van der Waals surface area contributed by atoms with E-state index >= 15 is 0 Å². The Hall–Kier alpha value is -3.42. The summed E-state index contributed by atoms with van der Waals surface area (Å²) >= 11 is 0. The number of pyridine rings is 1. The fourth-order valence-corrected chi connectivity index (χ4v) is 5.06. The number of piperidine rings is 1. The van der Waals surface area contributed by atoms with Crippen LogP contribution in [0.1, 0.15) is 47.3 Å². The molecule has 190 valence electrons. The lowest BCUT2D eigenvalue weighted by molar-refractivity contribution is 0.0827. The molecular weight excluding hydrogens is 448 g/mol. The van der Waals surface area contributed by atoms with Gasteiger partial charge in [0.15, 0.2) is 0 Å². The first-order valence-electron chi connectivity index (χ1n) is 12.6. The molecule has 7 heteroatoms. The number of nitrogens with two attached hydrogens (primary N) is 1. The van der Waals surface area contributed by atoms with Crippen LogP contribution in [-0.4, -0.2) is 72.5 Å². The number of likely N-dealkylation sites (N-methyl/N-ethyl adjacent to an activating group) is 1. The number of rotatable bonds is 5. The number of anilines is 1. The average molecular weight is 487 g/mol. The van der Waals surface area contributed by atoms with Crippen LogP contribution in [0.2, 0.25) is 0 Å². The first-order chi connectivity index (χ1) is 17.2. The van der Waals surface area contributed by atoms with E-state index in [9.17, 15) is 4.79 Å². The number of likely N-dealkylation sites (tertiary alicyclic amines) is 1. The highest BCUT2D eigenvalue weighted by Crippen LogP contribution is 2.32. The molecule has 1 atom stereocenters. The van der Waals surface area contributed by atoms with Crippen molar-refractivity contribution in [1.29, 1.82) is 0 Å². The summed E-state index contributed by atoms with van der Waals surface area (Å²) in [4.78, 5) is 20.9. The fourth-order valence-electron chi connectivity index (χ4n) is 5.06. The Morgan fingerprint density at radius 2 is 1.86 bits per heavy atom. The van der Waals surface area contributed by atoms with Crippen LogP contribution in [0.3, 0.4) is 0 Å². The molecule has 4 rings (SSSR count). The number of hydrogen-bond donors (Lipinski definition) is 2. The zero-order chi connectivity index (χ0) is 25.8. The van der Waals surface area contributed by atoms with Crippen LogP contribution in [0, 0.1) is 0 Å². The molecule has 1 aromatic heterocycles. The molecule has 0 saturated carbocycles. The number of nitrogen functional groups attached to an aromatic ring is 1. The molecule has 1 amide bonds. The first-order valence-corrected chi connectivity index (χ1v) is 12.6. The van der Waals surface area contributed by atoms with E-state index in [1.807, 2.05) is 24.3 Å². The van der Waals surface area contributed by atoms with E-state index in [-0.39, 0.29) is 11.9 Å². The van der Waals surface area contributed by atoms with Crippen LogP contribution >= 0.6 is 0 Å². The Labute approximate surface area is 214 Å². The number of nitrogens with one attached hydrogen (secondary N) is 1. The van der Waals surface area contributed by atoms with Crippen LogP contribution in [-0.2, 0) is 0 Å². The molecule has 0 spiro atoms. The van der Waals surface area contributed by atoms with Gasteiger partial charge in [-0.25, -0.2) is 5.43 Å². The lowest BCUT2D eigenvalue weighted by Crippen LogP contribution is -2.47. The van der Waals surface area contributed by atoms with E-state index in [0.717, 1.165) is 48.3 Å². The van der Waals surface area contributed by atoms with Gasteiger partial charge in [0.05, 0.1) is 17.6 Å². The fraction of sp³-hybridized carbons (Fsp3) is 0.379. The molecule has 7 nitrogen and oxygen atoms in total. The third kappa shape index (κ3) is 5.69. The highest BCUT2D eigenvalue weighted by atomic mass is 16.2. The molecule has 36 heavy (non-hydrogen) atoms. The van der Waals surface area contributed by atoms with Crippen molar-refractivity contribution in [2.24, 2.45) is 0 Å². The summed E-state index contributed by atoms with van der Waals surface area (Å²) < 4.78 is 0. The summed E-state index contributed by atoms with van der Waals surface area (Å²) in [7, 11) is 5.64. The van der Waals surface area contributed by atoms with Gasteiger partial charge < -0.3 is 15.6 Å². The van der Waals surface area contributed by atoms with E-state index in [2.05, 4.69) is 65.2 Å². The Morgan fingerprint density at radius 3 is 2.47 bits per heavy atom. The number of hydrazine groups is 1. The van der Waals surface area contributed by atoms with Gasteiger partial charge in [0.2, 0.25) is 0 Å². The molecule has 0 aliphatic carbocycles. The second kappa shape index (κ2) is 11.1. The van der Waals surface area contributed by atoms with Crippen molar-refractivity contribution in [3.8, 4) is 0 Å². The highest BCUT2D eigenvalue weighted by Gasteiger charge is 2.28. The van der Waals surface area contributed by atoms with Gasteiger partial charge in [-0.15, -0.1) is 0 Å². The smallest absolute Gasteiger partial charge is 0.253 e. The van der Waals surface area contributed by atoms with Crippen molar-refractivity contribution in [2.45, 2.75) is 31.7 Å². The number of hydrogen-bond acceptors (Lipinski definition) is 6. The van der Waals surface area contributed by atoms with Crippen molar-refractivity contribution >= 4 is 17.2 Å². The number of aromatic nitrogens is 1. The molecule has 3 heterocycles. The van der Waals surface area contributed by atoms with Gasteiger partial charge in [-0.1, -0.05) is 24.8 Å². The quantitative estimate of drug-likeness (QED) is 0.667. The van der Waals surface area contributed by atoms with Gasteiger partial charge in [0.1, 0.15) is 0 Å². The summed E-state index contributed by atoms with van der Waals surface area (Å²) in [6.45, 7) is 9.37. The predicted octanol–water partition coefficient (Wildman–Crippen LogP) is 3.91. The lowest BCUT2D eigenvalue weighted by atomic mass is 9.88. The van der Waals surface area contributed by atoms with Crippen molar-refractivity contribution < 1.29 is 4.79 Å². The maximum absolute atomic E-state index is 12.2. The minimum atomic E-state index is 0.0437. The Bertz CT molecular complexity index is 1140. The second-order valence-corrected chi connectivity index (χ2v) is 9.92. The third-order valence-corrected chi connectivity index (χ3v) is 7.29. The average Bonchev–Trinajstić information content (AvgIpc) is 2.88. The third-order valence-electron chi connectivity index (χ3n) is 7.29. The predicted molar refractivity (Wildman–Crippen MR) is 147 cm³/mol. The van der Waals surface area contributed by atoms with Crippen LogP contribution in [0.15, 0.2) is 72.6 Å². The summed E-state index contributed by atoms with van der Waals surface area (Å²) in [5.41, 5.74) is 16.1. The number of carbonyl (C=O) groups excluding carboxylic acids is 1. The lowest BCUT2D eigenvalue weighted by Gasteiger charge is -2.40. The Balaban J connectivity index is 1.43. The number of benzene rings is 1. The zero-order valence-corrected chi connectivity index (χ0v) is 21.9. The number of allylic oxidation sites excluding steroid dienone is 3. The van der Waals surface area contributed by atoms with Crippen molar-refractivity contribution in [3.63, 3.8) is 0 Å². The molecule has 1 unspecified atom stereocenters. The molecule has 2 aliphatic rings. The van der Waals surface area contributed by atoms with Crippen LogP contribution in [0.4, 0.5) is 5.69 Å². The number of carbonyl (C=O) groups is 1. The highest BCUT2D eigenvalue weighted by molar-refractivity contribution is 5.93. The largest absolute Gasteiger partial charge is 0.397 e. The SMILES string of the molecule is C=C1/C=C(/C(C)N2CCC(c3ccc(C(=O)N(C)C)cc3)CC2)N(C)NC/C=C\1c1ccc(N)cn1. The minimum absolute atomic E-state index is 0.0437. The van der Waals surface area contributed by atoms with Crippen molar-refractivity contribution in [2.75, 3.05) is 46.5 Å². The molecule has 1 saturated heterocycles. The molecule has 2 aromatic rings.